The van der Waals surface area contributed by atoms with E-state index < -0.39 is 0 Å². The Morgan fingerprint density at radius 1 is 1.67 bits per heavy atom. The van der Waals surface area contributed by atoms with Crippen LogP contribution >= 0.6 is 0 Å². The molecule has 0 amide bonds. The van der Waals surface area contributed by atoms with Gasteiger partial charge in [-0.2, -0.15) is 0 Å². The van der Waals surface area contributed by atoms with E-state index in [1.165, 1.54) is 19.5 Å². The second-order valence-corrected chi connectivity index (χ2v) is 2.79. The lowest BCUT2D eigenvalue weighted by Gasteiger charge is -2.43. The van der Waals surface area contributed by atoms with Gasteiger partial charge >= 0.3 is 0 Å². The average molecular weight is 127 g/mol. The summed E-state index contributed by atoms with van der Waals surface area (Å²) in [6.45, 7) is 2.38. The van der Waals surface area contributed by atoms with Crippen LogP contribution in [-0.4, -0.2) is 37.2 Å². The van der Waals surface area contributed by atoms with Crippen LogP contribution in [0.1, 0.15) is 6.42 Å². The third-order valence-corrected chi connectivity index (χ3v) is 2.39. The van der Waals surface area contributed by atoms with Crippen molar-refractivity contribution >= 4 is 0 Å². The summed E-state index contributed by atoms with van der Waals surface area (Å²) in [5.41, 5.74) is 3.17. The Labute approximate surface area is 55.4 Å². The molecule has 2 N–H and O–H groups in total. The van der Waals surface area contributed by atoms with Gasteiger partial charge in [-0.1, -0.05) is 0 Å². The molecule has 0 bridgehead atoms. The molecule has 3 heteroatoms. The molecule has 2 saturated heterocycles. The van der Waals surface area contributed by atoms with E-state index in [4.69, 9.17) is 0 Å². The fourth-order valence-corrected chi connectivity index (χ4v) is 1.78. The summed E-state index contributed by atoms with van der Waals surface area (Å²) < 4.78 is 0. The highest BCUT2D eigenvalue weighted by atomic mass is 15.6. The van der Waals surface area contributed by atoms with Gasteiger partial charge in [0, 0.05) is 18.6 Å². The molecule has 0 aromatic heterocycles. The van der Waals surface area contributed by atoms with E-state index in [0.29, 0.717) is 0 Å². The van der Waals surface area contributed by atoms with Crippen LogP contribution in [0, 0.1) is 0 Å². The van der Waals surface area contributed by atoms with Crippen molar-refractivity contribution in [3.8, 4) is 0 Å². The second-order valence-electron chi connectivity index (χ2n) is 2.79. The Balaban J connectivity index is 1.93. The van der Waals surface area contributed by atoms with Crippen LogP contribution in [0.5, 0.6) is 0 Å². The molecular weight excluding hydrogens is 114 g/mol. The van der Waals surface area contributed by atoms with Crippen LogP contribution in [0.2, 0.25) is 0 Å². The molecule has 2 fully saturated rings. The monoisotopic (exact) mass is 127 g/mol. The van der Waals surface area contributed by atoms with E-state index in [1.54, 1.807) is 0 Å². The zero-order valence-corrected chi connectivity index (χ0v) is 5.72. The third-order valence-electron chi connectivity index (χ3n) is 2.39. The van der Waals surface area contributed by atoms with Gasteiger partial charge in [-0.3, -0.25) is 5.43 Å². The SMILES string of the molecule is CNN1C[C@@H]2NCC[C@@H]21. The van der Waals surface area contributed by atoms with E-state index in [9.17, 15) is 0 Å². The summed E-state index contributed by atoms with van der Waals surface area (Å²) in [5, 5.41) is 5.73. The lowest BCUT2D eigenvalue weighted by molar-refractivity contribution is 0.0286. The van der Waals surface area contributed by atoms with Crippen molar-refractivity contribution in [2.75, 3.05) is 20.1 Å². The fourth-order valence-electron chi connectivity index (χ4n) is 1.78. The lowest BCUT2D eigenvalue weighted by atomic mass is 10.0. The Morgan fingerprint density at radius 2 is 2.56 bits per heavy atom. The number of hydrazine groups is 1. The molecule has 9 heavy (non-hydrogen) atoms. The zero-order chi connectivity index (χ0) is 6.27. The number of hydrogen-bond donors (Lipinski definition) is 2. The molecule has 0 aromatic rings. The summed E-state index contributed by atoms with van der Waals surface area (Å²) >= 11 is 0. The summed E-state index contributed by atoms with van der Waals surface area (Å²) in [7, 11) is 1.99. The van der Waals surface area contributed by atoms with Crippen molar-refractivity contribution in [1.29, 1.82) is 0 Å². The Morgan fingerprint density at radius 3 is 3.22 bits per heavy atom. The molecule has 2 heterocycles. The van der Waals surface area contributed by atoms with Crippen LogP contribution in [0.15, 0.2) is 0 Å². The summed E-state index contributed by atoms with van der Waals surface area (Å²) in [4.78, 5) is 0. The normalized spacial score (nSPS) is 42.3. The molecule has 0 radical (unpaired) electrons. The number of hydrogen-bond acceptors (Lipinski definition) is 3. The first-order chi connectivity index (χ1) is 4.42. The molecule has 0 aliphatic carbocycles. The smallest absolute Gasteiger partial charge is 0.0422 e. The van der Waals surface area contributed by atoms with Gasteiger partial charge in [-0.15, -0.1) is 0 Å². The van der Waals surface area contributed by atoms with Crippen molar-refractivity contribution in [3.05, 3.63) is 0 Å². The van der Waals surface area contributed by atoms with E-state index in [0.717, 1.165) is 12.1 Å². The van der Waals surface area contributed by atoms with Gasteiger partial charge in [0.25, 0.3) is 0 Å². The lowest BCUT2D eigenvalue weighted by Crippen LogP contribution is -2.64. The Bertz CT molecular complexity index is 115. The van der Waals surface area contributed by atoms with Crippen molar-refractivity contribution in [2.45, 2.75) is 18.5 Å². The summed E-state index contributed by atoms with van der Waals surface area (Å²) in [6, 6.07) is 1.58. The Kier molecular flexibility index (Phi) is 1.22. The van der Waals surface area contributed by atoms with Gasteiger partial charge < -0.3 is 5.32 Å². The first-order valence-corrected chi connectivity index (χ1v) is 3.59. The molecule has 0 aromatic carbocycles. The number of fused-ring (bicyclic) bond motifs is 1. The van der Waals surface area contributed by atoms with Gasteiger partial charge in [0.2, 0.25) is 0 Å². The second kappa shape index (κ2) is 1.94. The molecule has 2 rings (SSSR count). The third kappa shape index (κ3) is 0.689. The Hall–Kier alpha value is -0.120. The van der Waals surface area contributed by atoms with Crippen LogP contribution in [0.3, 0.4) is 0 Å². The molecule has 3 nitrogen and oxygen atoms in total. The maximum absolute atomic E-state index is 3.44. The van der Waals surface area contributed by atoms with Gasteiger partial charge in [-0.05, 0) is 20.0 Å². The molecule has 2 aliphatic heterocycles. The quantitative estimate of drug-likeness (QED) is 0.481. The van der Waals surface area contributed by atoms with Crippen molar-refractivity contribution < 1.29 is 0 Å². The molecule has 0 unspecified atom stereocenters. The maximum Gasteiger partial charge on any atom is 0.0422 e. The van der Waals surface area contributed by atoms with Crippen molar-refractivity contribution in [2.24, 2.45) is 0 Å². The standard InChI is InChI=1S/C6H13N3/c1-7-9-4-5-6(9)2-3-8-5/h5-8H,2-4H2,1H3/t5-,6-/m0/s1. The highest BCUT2D eigenvalue weighted by molar-refractivity contribution is 4.99. The first kappa shape index (κ1) is 5.65. The van der Waals surface area contributed by atoms with E-state index >= 15 is 0 Å². The predicted molar refractivity (Wildman–Crippen MR) is 36.0 cm³/mol. The number of rotatable bonds is 1. The minimum atomic E-state index is 0.787. The van der Waals surface area contributed by atoms with E-state index in [-0.39, 0.29) is 0 Å². The van der Waals surface area contributed by atoms with Crippen LogP contribution in [-0.2, 0) is 0 Å². The summed E-state index contributed by atoms with van der Waals surface area (Å²) in [6.07, 6.45) is 1.31. The average Bonchev–Trinajstić information content (AvgIpc) is 2.14. The molecule has 52 valence electrons. The molecular formula is C6H13N3. The molecule has 0 spiro atoms. The predicted octanol–water partition coefficient (Wildman–Crippen LogP) is -0.833. The maximum atomic E-state index is 3.44. The minimum absolute atomic E-state index is 0.787. The van der Waals surface area contributed by atoms with Gasteiger partial charge in [0.05, 0.1) is 0 Å². The van der Waals surface area contributed by atoms with Gasteiger partial charge in [-0.25, -0.2) is 5.01 Å². The number of nitrogens with one attached hydrogen (secondary N) is 2. The highest BCUT2D eigenvalue weighted by Crippen LogP contribution is 2.22. The van der Waals surface area contributed by atoms with E-state index in [1.807, 2.05) is 7.05 Å². The van der Waals surface area contributed by atoms with Crippen molar-refractivity contribution in [3.63, 3.8) is 0 Å². The molecule has 0 saturated carbocycles. The van der Waals surface area contributed by atoms with Crippen molar-refractivity contribution in [1.82, 2.24) is 15.8 Å². The molecule has 2 atom stereocenters. The summed E-state index contributed by atoms with van der Waals surface area (Å²) in [5.74, 6) is 0. The van der Waals surface area contributed by atoms with Crippen LogP contribution < -0.4 is 10.7 Å². The first-order valence-electron chi connectivity index (χ1n) is 3.59. The zero-order valence-electron chi connectivity index (χ0n) is 5.72. The van der Waals surface area contributed by atoms with Gasteiger partial charge in [0.15, 0.2) is 0 Å². The van der Waals surface area contributed by atoms with E-state index in [2.05, 4.69) is 15.8 Å². The minimum Gasteiger partial charge on any atom is -0.311 e. The number of nitrogens with zero attached hydrogens (tertiary/aromatic N) is 1. The highest BCUT2D eigenvalue weighted by Gasteiger charge is 2.41. The largest absolute Gasteiger partial charge is 0.311 e. The molecule has 2 aliphatic rings. The van der Waals surface area contributed by atoms with Crippen LogP contribution in [0.4, 0.5) is 0 Å². The van der Waals surface area contributed by atoms with Gasteiger partial charge in [0.1, 0.15) is 0 Å². The topological polar surface area (TPSA) is 27.3 Å². The van der Waals surface area contributed by atoms with Crippen LogP contribution in [0.25, 0.3) is 0 Å². The fraction of sp³-hybridized carbons (Fsp3) is 1.00.